The summed E-state index contributed by atoms with van der Waals surface area (Å²) in [4.78, 5) is 74.3. The Morgan fingerprint density at radius 3 is 2.47 bits per heavy atom. The van der Waals surface area contributed by atoms with Crippen LogP contribution in [0.3, 0.4) is 0 Å². The Hall–Kier alpha value is -5.11. The summed E-state index contributed by atoms with van der Waals surface area (Å²) in [5, 5.41) is 7.02. The van der Waals surface area contributed by atoms with E-state index in [1.54, 1.807) is 19.9 Å². The molecule has 236 valence electrons. The number of nitrogens with one attached hydrogen (secondary N) is 1. The first-order valence-electron chi connectivity index (χ1n) is 13.6. The molecule has 0 radical (unpaired) electrons. The number of ether oxygens (including phenoxy) is 2. The quantitative estimate of drug-likeness (QED) is 0.101. The molecule has 4 aromatic rings. The Morgan fingerprint density at radius 1 is 1.07 bits per heavy atom. The van der Waals surface area contributed by atoms with E-state index in [-0.39, 0.29) is 35.1 Å². The molecule has 45 heavy (non-hydrogen) atoms. The lowest BCUT2D eigenvalue weighted by Crippen LogP contribution is -2.30. The first kappa shape index (κ1) is 32.8. The molecule has 2 heterocycles. The highest BCUT2D eigenvalue weighted by atomic mass is 31.2. The lowest BCUT2D eigenvalue weighted by Gasteiger charge is -2.24. The third-order valence-corrected chi connectivity index (χ3v) is 6.95. The summed E-state index contributed by atoms with van der Waals surface area (Å²) in [6, 6.07) is 10.5. The molecule has 0 atom stereocenters. The minimum Gasteiger partial charge on any atom is -0.428 e. The molecule has 5 N–H and O–H groups in total. The van der Waals surface area contributed by atoms with Gasteiger partial charge in [0.2, 0.25) is 12.7 Å². The molecule has 0 bridgehead atoms. The molecule has 16 heteroatoms. The molecule has 0 saturated heterocycles. The van der Waals surface area contributed by atoms with Crippen LogP contribution in [-0.4, -0.2) is 61.6 Å². The van der Waals surface area contributed by atoms with E-state index in [4.69, 9.17) is 29.5 Å². The van der Waals surface area contributed by atoms with Gasteiger partial charge in [0, 0.05) is 18.3 Å². The van der Waals surface area contributed by atoms with Crippen LogP contribution in [-0.2, 0) is 20.7 Å². The Bertz CT molecular complexity index is 1730. The van der Waals surface area contributed by atoms with Crippen molar-refractivity contribution in [1.82, 2.24) is 19.9 Å². The van der Waals surface area contributed by atoms with Crippen molar-refractivity contribution < 1.29 is 43.0 Å². The van der Waals surface area contributed by atoms with E-state index in [1.165, 1.54) is 53.4 Å². The number of amides is 3. The average molecular weight is 639 g/mol. The predicted molar refractivity (Wildman–Crippen MR) is 162 cm³/mol. The molecular weight excluding hydrogens is 607 g/mol. The number of fused-ring (bicyclic) bond motifs is 1. The number of nitrogens with zero attached hydrogens (tertiary/aromatic N) is 4. The normalized spacial score (nSPS) is 10.9. The summed E-state index contributed by atoms with van der Waals surface area (Å²) in [7, 11) is -2.57. The standard InChI is InChI=1S/C29H31N6O9P/c1-4-11-31-28(38)22-14-34-25(18(22)3)27(32-15-33-34)35(23-13-20(26(30)37)8-5-17(23)2)29(39)43-16-42-24(36)12-19-6-9-21(10-7-19)44-45(40)41/h5-10,13-15,40-41H,4,11-12,16H2,1-3H3,(H2,30,37)(H,31,38). The fraction of sp³-hybridized carbons (Fsp3) is 0.241. The van der Waals surface area contributed by atoms with Crippen molar-refractivity contribution in [2.75, 3.05) is 18.2 Å². The van der Waals surface area contributed by atoms with Crippen LogP contribution in [0.4, 0.5) is 16.3 Å². The second-order valence-electron chi connectivity index (χ2n) is 9.71. The van der Waals surface area contributed by atoms with Gasteiger partial charge >= 0.3 is 20.7 Å². The van der Waals surface area contributed by atoms with Crippen LogP contribution in [0.1, 0.15) is 50.8 Å². The van der Waals surface area contributed by atoms with E-state index in [0.717, 1.165) is 11.3 Å². The fourth-order valence-corrected chi connectivity index (χ4v) is 4.67. The van der Waals surface area contributed by atoms with Crippen molar-refractivity contribution in [3.05, 3.63) is 82.8 Å². The van der Waals surface area contributed by atoms with E-state index in [1.807, 2.05) is 6.92 Å². The van der Waals surface area contributed by atoms with Gasteiger partial charge in [-0.15, -0.1) is 0 Å². The van der Waals surface area contributed by atoms with Crippen LogP contribution in [0.5, 0.6) is 5.75 Å². The van der Waals surface area contributed by atoms with Crippen molar-refractivity contribution in [2.45, 2.75) is 33.6 Å². The number of nitrogens with two attached hydrogens (primary N) is 1. The maximum Gasteiger partial charge on any atom is 0.423 e. The second-order valence-corrected chi connectivity index (χ2v) is 10.4. The summed E-state index contributed by atoms with van der Waals surface area (Å²) in [6.45, 7) is 5.03. The summed E-state index contributed by atoms with van der Waals surface area (Å²) in [5.41, 5.74) is 8.04. The van der Waals surface area contributed by atoms with Crippen molar-refractivity contribution in [2.24, 2.45) is 5.73 Å². The molecule has 0 spiro atoms. The number of anilines is 2. The van der Waals surface area contributed by atoms with Gasteiger partial charge in [0.15, 0.2) is 5.82 Å². The minimum absolute atomic E-state index is 0.0369. The molecule has 0 aliphatic carbocycles. The lowest BCUT2D eigenvalue weighted by molar-refractivity contribution is -0.150. The number of carbonyl (C=O) groups excluding carboxylic acids is 4. The maximum absolute atomic E-state index is 13.7. The van der Waals surface area contributed by atoms with Gasteiger partial charge in [-0.2, -0.15) is 5.10 Å². The number of aromatic nitrogens is 3. The number of esters is 1. The Balaban J connectivity index is 1.61. The number of hydrogen-bond acceptors (Lipinski definition) is 11. The van der Waals surface area contributed by atoms with Crippen molar-refractivity contribution in [3.63, 3.8) is 0 Å². The van der Waals surface area contributed by atoms with E-state index in [2.05, 4.69) is 15.4 Å². The Labute approximate surface area is 258 Å². The number of carbonyl (C=O) groups is 4. The van der Waals surface area contributed by atoms with Gasteiger partial charge in [-0.25, -0.2) is 19.2 Å². The predicted octanol–water partition coefficient (Wildman–Crippen LogP) is 3.19. The van der Waals surface area contributed by atoms with Crippen LogP contribution < -0.4 is 20.5 Å². The van der Waals surface area contributed by atoms with Gasteiger partial charge in [-0.1, -0.05) is 25.1 Å². The Kier molecular flexibility index (Phi) is 10.6. The SMILES string of the molecule is CCCNC(=O)c1cn2ncnc(N(C(=O)OCOC(=O)Cc3ccc(OP(O)O)cc3)c3cc(C(N)=O)ccc3C)c2c1C. The smallest absolute Gasteiger partial charge is 0.423 e. The number of hydrogen-bond donors (Lipinski definition) is 4. The number of aryl methyl sites for hydroxylation is 2. The van der Waals surface area contributed by atoms with Crippen molar-refractivity contribution in [3.8, 4) is 5.75 Å². The van der Waals surface area contributed by atoms with Crippen LogP contribution in [0, 0.1) is 13.8 Å². The van der Waals surface area contributed by atoms with E-state index < -0.39 is 33.4 Å². The third kappa shape index (κ3) is 7.89. The van der Waals surface area contributed by atoms with Gasteiger partial charge < -0.3 is 34.8 Å². The average Bonchev–Trinajstić information content (AvgIpc) is 3.34. The zero-order chi connectivity index (χ0) is 32.7. The Morgan fingerprint density at radius 2 is 1.80 bits per heavy atom. The summed E-state index contributed by atoms with van der Waals surface area (Å²) in [6.07, 6.45) is 2.27. The topological polar surface area (TPSA) is 208 Å². The second kappa shape index (κ2) is 14.6. The number of primary amides is 1. The van der Waals surface area contributed by atoms with E-state index in [9.17, 15) is 19.2 Å². The molecule has 3 amide bonds. The van der Waals surface area contributed by atoms with Crippen molar-refractivity contribution >= 4 is 49.5 Å². The van der Waals surface area contributed by atoms with Crippen LogP contribution in [0.25, 0.3) is 5.52 Å². The maximum atomic E-state index is 13.7. The van der Waals surface area contributed by atoms with Gasteiger partial charge in [0.05, 0.1) is 17.7 Å². The molecule has 0 aliphatic rings. The van der Waals surface area contributed by atoms with Crippen LogP contribution in [0.15, 0.2) is 55.0 Å². The zero-order valence-electron chi connectivity index (χ0n) is 24.6. The molecule has 15 nitrogen and oxygen atoms in total. The molecule has 0 saturated carbocycles. The molecule has 0 aliphatic heterocycles. The highest BCUT2D eigenvalue weighted by Crippen LogP contribution is 2.34. The summed E-state index contributed by atoms with van der Waals surface area (Å²) < 4.78 is 16.7. The highest BCUT2D eigenvalue weighted by Gasteiger charge is 2.29. The van der Waals surface area contributed by atoms with E-state index in [0.29, 0.717) is 34.3 Å². The minimum atomic E-state index is -2.57. The number of benzene rings is 2. The van der Waals surface area contributed by atoms with Gasteiger partial charge in [-0.3, -0.25) is 14.4 Å². The van der Waals surface area contributed by atoms with Crippen LogP contribution in [0.2, 0.25) is 0 Å². The first-order chi connectivity index (χ1) is 21.5. The fourth-order valence-electron chi connectivity index (χ4n) is 4.36. The number of rotatable bonds is 12. The molecule has 0 fully saturated rings. The highest BCUT2D eigenvalue weighted by molar-refractivity contribution is 7.39. The largest absolute Gasteiger partial charge is 0.428 e. The van der Waals surface area contributed by atoms with Gasteiger partial charge in [0.1, 0.15) is 17.6 Å². The summed E-state index contributed by atoms with van der Waals surface area (Å²) >= 11 is 0. The molecule has 2 aromatic carbocycles. The molecule has 2 aromatic heterocycles. The summed E-state index contributed by atoms with van der Waals surface area (Å²) in [5.74, 6) is -1.52. The monoisotopic (exact) mass is 638 g/mol. The van der Waals surface area contributed by atoms with Crippen LogP contribution >= 0.6 is 8.60 Å². The van der Waals surface area contributed by atoms with Gasteiger partial charge in [-0.05, 0) is 61.2 Å². The molecule has 0 unspecified atom stereocenters. The third-order valence-electron chi connectivity index (χ3n) is 6.58. The van der Waals surface area contributed by atoms with Gasteiger partial charge in [0.25, 0.3) is 5.91 Å². The van der Waals surface area contributed by atoms with Crippen molar-refractivity contribution in [1.29, 1.82) is 0 Å². The molecule has 4 rings (SSSR count). The first-order valence-corrected chi connectivity index (χ1v) is 14.8. The van der Waals surface area contributed by atoms with E-state index >= 15 is 0 Å². The zero-order valence-corrected chi connectivity index (χ0v) is 25.5. The lowest BCUT2D eigenvalue weighted by atomic mass is 10.1. The molecular formula is C29H31N6O9P.